The lowest BCUT2D eigenvalue weighted by atomic mass is 9.74. The van der Waals surface area contributed by atoms with Gasteiger partial charge < -0.3 is 38.6 Å². The van der Waals surface area contributed by atoms with Crippen LogP contribution in [0.2, 0.25) is 0 Å². The third kappa shape index (κ3) is 10.4. The molecular formula is C41H74O8. The first-order valence-electron chi connectivity index (χ1n) is 18.9. The molecule has 0 aromatic carbocycles. The number of ether oxygens (including phenoxy) is 6. The first kappa shape index (κ1) is 43.9. The molecule has 0 aliphatic carbocycles. The third-order valence-corrected chi connectivity index (χ3v) is 12.3. The molecule has 0 unspecified atom stereocenters. The molecule has 1 fully saturated rings. The van der Waals surface area contributed by atoms with Crippen LogP contribution in [0.25, 0.3) is 0 Å². The van der Waals surface area contributed by atoms with Gasteiger partial charge >= 0.3 is 0 Å². The Balaban J connectivity index is 2.13. The highest BCUT2D eigenvalue weighted by atomic mass is 16.8. The van der Waals surface area contributed by atoms with Crippen LogP contribution in [-0.2, 0) is 28.4 Å². The molecule has 286 valence electrons. The van der Waals surface area contributed by atoms with E-state index in [9.17, 15) is 10.2 Å². The quantitative estimate of drug-likeness (QED) is 0.102. The van der Waals surface area contributed by atoms with Gasteiger partial charge in [-0.3, -0.25) is 0 Å². The Labute approximate surface area is 300 Å². The SMILES string of the molecule is C=C([C@@H](C)[C@@H](C)[C@H](C)[C@@H](C)O[C@H](C)[C@@H](CC)C(=C)OC)[C@H](CC)[C@H](C)O[C@@]1(C)C=C[C@@H](O)[C@@](C)(OC(C)(C)[C@H]2CC[C@](O)(CC)[C@H](C)O2)O1. The van der Waals surface area contributed by atoms with Gasteiger partial charge in [-0.25, -0.2) is 0 Å². The largest absolute Gasteiger partial charge is 0.501 e. The summed E-state index contributed by atoms with van der Waals surface area (Å²) in [5.41, 5.74) is -0.515. The third-order valence-electron chi connectivity index (χ3n) is 12.3. The standard InChI is InChI=1S/C41H74O8/c1-18-34(28(7)26(5)25(4)27(6)29(8)45-31(10)35(19-2)30(9)44-17)32(11)47-39(15)23-21-36(42)40(16,49-39)48-38(13,14)37-22-24-41(43,20-3)33(12)46-37/h21,23,25-27,29,31-37,42-43H,7,9,18-20,22,24H2,1-6,8,10-17H3/t25-,26+,27+,29-,31-,32+,33+,34+,35+,36-,37-,39-,40+,41-/m1/s1. The van der Waals surface area contributed by atoms with Crippen LogP contribution in [0.1, 0.15) is 129 Å². The minimum atomic E-state index is -1.40. The fourth-order valence-electron chi connectivity index (χ4n) is 8.11. The van der Waals surface area contributed by atoms with E-state index in [1.165, 1.54) is 0 Å². The van der Waals surface area contributed by atoms with Crippen LogP contribution in [0.15, 0.2) is 36.6 Å². The number of hydrogen-bond acceptors (Lipinski definition) is 8. The molecule has 14 atom stereocenters. The molecule has 0 saturated carbocycles. The highest BCUT2D eigenvalue weighted by Gasteiger charge is 2.52. The molecule has 0 radical (unpaired) electrons. The molecule has 2 rings (SSSR count). The summed E-state index contributed by atoms with van der Waals surface area (Å²) >= 11 is 0. The monoisotopic (exact) mass is 695 g/mol. The van der Waals surface area contributed by atoms with Gasteiger partial charge in [0.1, 0.15) is 6.10 Å². The van der Waals surface area contributed by atoms with Gasteiger partial charge in [0.25, 0.3) is 0 Å². The van der Waals surface area contributed by atoms with Gasteiger partial charge in [-0.2, -0.15) is 0 Å². The molecule has 0 spiro atoms. The van der Waals surface area contributed by atoms with Gasteiger partial charge in [0, 0.05) is 11.8 Å². The van der Waals surface area contributed by atoms with E-state index in [-0.39, 0.29) is 54.2 Å². The molecule has 0 aromatic heterocycles. The highest BCUT2D eigenvalue weighted by Crippen LogP contribution is 2.43. The molecule has 0 aromatic rings. The predicted octanol–water partition coefficient (Wildman–Crippen LogP) is 8.75. The molecule has 1 saturated heterocycles. The highest BCUT2D eigenvalue weighted by molar-refractivity contribution is 5.12. The van der Waals surface area contributed by atoms with Crippen molar-refractivity contribution < 1.29 is 38.6 Å². The lowest BCUT2D eigenvalue weighted by Crippen LogP contribution is -2.61. The van der Waals surface area contributed by atoms with Crippen molar-refractivity contribution >= 4 is 0 Å². The van der Waals surface area contributed by atoms with Gasteiger partial charge in [-0.1, -0.05) is 60.3 Å². The number of methoxy groups -OCH3 is 1. The average Bonchev–Trinajstić information content (AvgIpc) is 3.03. The van der Waals surface area contributed by atoms with Crippen LogP contribution in [0, 0.1) is 29.6 Å². The van der Waals surface area contributed by atoms with E-state index >= 15 is 0 Å². The molecule has 8 heteroatoms. The second-order valence-electron chi connectivity index (χ2n) is 16.1. The topological polar surface area (TPSA) is 95.8 Å². The van der Waals surface area contributed by atoms with E-state index in [1.807, 2.05) is 34.6 Å². The fraction of sp³-hybridized carbons (Fsp3) is 0.854. The lowest BCUT2D eigenvalue weighted by molar-refractivity contribution is -0.395. The summed E-state index contributed by atoms with van der Waals surface area (Å²) in [7, 11) is 1.67. The molecule has 0 amide bonds. The van der Waals surface area contributed by atoms with E-state index < -0.39 is 28.9 Å². The van der Waals surface area contributed by atoms with E-state index in [2.05, 4.69) is 68.5 Å². The van der Waals surface area contributed by atoms with Gasteiger partial charge in [-0.15, -0.1) is 0 Å². The minimum absolute atomic E-state index is 0.000266. The number of aliphatic hydroxyl groups is 2. The normalized spacial score (nSPS) is 34.3. The van der Waals surface area contributed by atoms with Crippen LogP contribution >= 0.6 is 0 Å². The summed E-state index contributed by atoms with van der Waals surface area (Å²) in [4.78, 5) is 0. The van der Waals surface area contributed by atoms with Crippen LogP contribution in [0.4, 0.5) is 0 Å². The Morgan fingerprint density at radius 3 is 2.06 bits per heavy atom. The van der Waals surface area contributed by atoms with E-state index in [0.29, 0.717) is 25.2 Å². The van der Waals surface area contributed by atoms with E-state index in [0.717, 1.165) is 24.2 Å². The summed E-state index contributed by atoms with van der Waals surface area (Å²) in [5.74, 6) is -0.738. The van der Waals surface area contributed by atoms with Crippen LogP contribution in [-0.4, -0.2) is 76.7 Å². The van der Waals surface area contributed by atoms with Gasteiger partial charge in [0.2, 0.25) is 0 Å². The summed E-state index contributed by atoms with van der Waals surface area (Å²) in [6, 6.07) is 0. The molecule has 2 N–H and O–H groups in total. The van der Waals surface area contributed by atoms with Gasteiger partial charge in [-0.05, 0) is 117 Å². The second-order valence-corrected chi connectivity index (χ2v) is 16.1. The first-order valence-corrected chi connectivity index (χ1v) is 18.9. The number of hydrogen-bond donors (Lipinski definition) is 2. The Kier molecular flexibility index (Phi) is 15.7. The van der Waals surface area contributed by atoms with Crippen molar-refractivity contribution in [3.05, 3.63) is 36.6 Å². The van der Waals surface area contributed by atoms with E-state index in [4.69, 9.17) is 28.4 Å². The lowest BCUT2D eigenvalue weighted by Gasteiger charge is -2.51. The smallest absolute Gasteiger partial charge is 0.199 e. The molecule has 2 aliphatic heterocycles. The van der Waals surface area contributed by atoms with Crippen molar-refractivity contribution in [2.45, 2.75) is 188 Å². The maximum atomic E-state index is 11.1. The zero-order valence-electron chi connectivity index (χ0n) is 33.8. The number of rotatable bonds is 19. The average molecular weight is 695 g/mol. The number of aliphatic hydroxyl groups excluding tert-OH is 1. The van der Waals surface area contributed by atoms with Gasteiger partial charge in [0.05, 0.1) is 54.6 Å². The van der Waals surface area contributed by atoms with Crippen LogP contribution in [0.5, 0.6) is 0 Å². The van der Waals surface area contributed by atoms with Crippen LogP contribution in [0.3, 0.4) is 0 Å². The maximum absolute atomic E-state index is 11.1. The summed E-state index contributed by atoms with van der Waals surface area (Å²) in [6.07, 6.45) is 5.30. The molecule has 8 nitrogen and oxygen atoms in total. The van der Waals surface area contributed by atoms with E-state index in [1.54, 1.807) is 26.2 Å². The van der Waals surface area contributed by atoms with Crippen molar-refractivity contribution in [1.82, 2.24) is 0 Å². The van der Waals surface area contributed by atoms with Crippen LogP contribution < -0.4 is 0 Å². The molecule has 2 aliphatic rings. The molecular weight excluding hydrogens is 620 g/mol. The second kappa shape index (κ2) is 17.5. The Morgan fingerprint density at radius 2 is 1.55 bits per heavy atom. The zero-order valence-corrected chi connectivity index (χ0v) is 33.8. The fourth-order valence-corrected chi connectivity index (χ4v) is 8.11. The zero-order chi connectivity index (χ0) is 37.7. The van der Waals surface area contributed by atoms with Gasteiger partial charge in [0.15, 0.2) is 11.6 Å². The molecule has 49 heavy (non-hydrogen) atoms. The Bertz CT molecular complexity index is 1110. The molecule has 0 bridgehead atoms. The first-order chi connectivity index (χ1) is 22.5. The van der Waals surface area contributed by atoms with Crippen molar-refractivity contribution in [2.24, 2.45) is 29.6 Å². The van der Waals surface area contributed by atoms with Crippen molar-refractivity contribution in [2.75, 3.05) is 7.11 Å². The minimum Gasteiger partial charge on any atom is -0.501 e. The Hall–Kier alpha value is -1.26. The molecule has 2 heterocycles. The van der Waals surface area contributed by atoms with Crippen molar-refractivity contribution in [1.29, 1.82) is 0 Å². The summed E-state index contributed by atoms with van der Waals surface area (Å²) in [6.45, 7) is 37.6. The van der Waals surface area contributed by atoms with Crippen molar-refractivity contribution in [3.63, 3.8) is 0 Å². The summed E-state index contributed by atoms with van der Waals surface area (Å²) in [5, 5.41) is 22.1. The Morgan fingerprint density at radius 1 is 0.959 bits per heavy atom. The maximum Gasteiger partial charge on any atom is 0.199 e. The van der Waals surface area contributed by atoms with Crippen molar-refractivity contribution in [3.8, 4) is 0 Å². The summed E-state index contributed by atoms with van der Waals surface area (Å²) < 4.78 is 38.2. The predicted molar refractivity (Wildman–Crippen MR) is 198 cm³/mol.